The first-order chi connectivity index (χ1) is 8.04. The summed E-state index contributed by atoms with van der Waals surface area (Å²) in [5, 5.41) is 2.60. The normalized spacial score (nSPS) is 11.6. The number of nitrogens with two attached hydrogens (primary N) is 2. The number of carbonyl (C=O) groups is 2. The molecule has 0 aliphatic carbocycles. The lowest BCUT2D eigenvalue weighted by Gasteiger charge is -2.11. The van der Waals surface area contributed by atoms with E-state index in [0.717, 1.165) is 0 Å². The molecule has 5 N–H and O–H groups in total. The average molecular weight is 237 g/mol. The van der Waals surface area contributed by atoms with Crippen molar-refractivity contribution in [2.45, 2.75) is 12.5 Å². The molecule has 2 amide bonds. The zero-order valence-corrected chi connectivity index (χ0v) is 9.47. The third-order valence-electron chi connectivity index (χ3n) is 2.15. The Morgan fingerprint density at radius 2 is 2.06 bits per heavy atom. The number of para-hydroxylation sites is 2. The van der Waals surface area contributed by atoms with Crippen molar-refractivity contribution >= 4 is 17.5 Å². The van der Waals surface area contributed by atoms with E-state index in [0.29, 0.717) is 11.4 Å². The third-order valence-corrected chi connectivity index (χ3v) is 2.15. The Morgan fingerprint density at radius 3 is 2.65 bits per heavy atom. The van der Waals surface area contributed by atoms with Crippen LogP contribution in [0.15, 0.2) is 24.3 Å². The second-order valence-corrected chi connectivity index (χ2v) is 3.46. The van der Waals surface area contributed by atoms with Crippen LogP contribution in [0.3, 0.4) is 0 Å². The van der Waals surface area contributed by atoms with Crippen LogP contribution in [-0.2, 0) is 9.59 Å². The second-order valence-electron chi connectivity index (χ2n) is 3.46. The first-order valence-corrected chi connectivity index (χ1v) is 5.02. The van der Waals surface area contributed by atoms with Crippen molar-refractivity contribution in [3.8, 4) is 5.75 Å². The highest BCUT2D eigenvalue weighted by Gasteiger charge is 2.15. The molecule has 1 atom stereocenters. The van der Waals surface area contributed by atoms with Crippen LogP contribution in [0.4, 0.5) is 5.69 Å². The number of carbonyl (C=O) groups excluding carboxylic acids is 2. The smallest absolute Gasteiger partial charge is 0.234 e. The van der Waals surface area contributed by atoms with Crippen molar-refractivity contribution in [1.82, 2.24) is 0 Å². The lowest BCUT2D eigenvalue weighted by Crippen LogP contribution is -2.39. The summed E-state index contributed by atoms with van der Waals surface area (Å²) in [4.78, 5) is 22.2. The van der Waals surface area contributed by atoms with Gasteiger partial charge in [-0.05, 0) is 12.1 Å². The van der Waals surface area contributed by atoms with Gasteiger partial charge < -0.3 is 21.5 Å². The highest BCUT2D eigenvalue weighted by Crippen LogP contribution is 2.22. The minimum absolute atomic E-state index is 0.159. The number of methoxy groups -OCH3 is 1. The lowest BCUT2D eigenvalue weighted by molar-refractivity contribution is -0.123. The topological polar surface area (TPSA) is 107 Å². The number of anilines is 1. The standard InChI is InChI=1S/C11H15N3O3/c1-17-9-5-3-2-4-8(9)14-10(15)6-7(12)11(13)16/h2-5,7H,6,12H2,1H3,(H2,13,16)(H,14,15)/t7-/m0/s1. The fourth-order valence-electron chi connectivity index (χ4n) is 1.25. The zero-order valence-electron chi connectivity index (χ0n) is 9.47. The van der Waals surface area contributed by atoms with Gasteiger partial charge in [0.15, 0.2) is 0 Å². The van der Waals surface area contributed by atoms with E-state index in [9.17, 15) is 9.59 Å². The molecule has 1 aromatic carbocycles. The van der Waals surface area contributed by atoms with Crippen LogP contribution in [0.1, 0.15) is 6.42 Å². The number of rotatable bonds is 5. The molecular formula is C11H15N3O3. The Morgan fingerprint density at radius 1 is 1.41 bits per heavy atom. The molecule has 0 aliphatic rings. The summed E-state index contributed by atoms with van der Waals surface area (Å²) in [5.41, 5.74) is 10.9. The van der Waals surface area contributed by atoms with Crippen molar-refractivity contribution in [2.24, 2.45) is 11.5 Å². The van der Waals surface area contributed by atoms with Crippen LogP contribution < -0.4 is 21.5 Å². The average Bonchev–Trinajstić information content (AvgIpc) is 2.29. The maximum atomic E-state index is 11.5. The van der Waals surface area contributed by atoms with Crippen molar-refractivity contribution < 1.29 is 14.3 Å². The summed E-state index contributed by atoms with van der Waals surface area (Å²) in [6.07, 6.45) is -0.159. The first-order valence-electron chi connectivity index (χ1n) is 5.02. The van der Waals surface area contributed by atoms with E-state index in [1.54, 1.807) is 24.3 Å². The molecule has 0 saturated carbocycles. The summed E-state index contributed by atoms with van der Waals surface area (Å²) in [6.45, 7) is 0. The van der Waals surface area contributed by atoms with Gasteiger partial charge in [0.25, 0.3) is 0 Å². The van der Waals surface area contributed by atoms with Gasteiger partial charge in [-0.2, -0.15) is 0 Å². The predicted octanol–water partition coefficient (Wildman–Crippen LogP) is -0.164. The Bertz CT molecular complexity index is 420. The molecule has 0 bridgehead atoms. The van der Waals surface area contributed by atoms with Crippen molar-refractivity contribution in [2.75, 3.05) is 12.4 Å². The first kappa shape index (κ1) is 13.0. The number of hydrogen-bond donors (Lipinski definition) is 3. The van der Waals surface area contributed by atoms with Gasteiger partial charge in [0.1, 0.15) is 5.75 Å². The monoisotopic (exact) mass is 237 g/mol. The Labute approximate surface area is 98.9 Å². The third kappa shape index (κ3) is 3.76. The van der Waals surface area contributed by atoms with Gasteiger partial charge >= 0.3 is 0 Å². The van der Waals surface area contributed by atoms with Gasteiger partial charge in [-0.25, -0.2) is 0 Å². The summed E-state index contributed by atoms with van der Waals surface area (Å²) < 4.78 is 5.06. The van der Waals surface area contributed by atoms with Gasteiger partial charge in [-0.3, -0.25) is 9.59 Å². The molecule has 0 aliphatic heterocycles. The zero-order chi connectivity index (χ0) is 12.8. The minimum Gasteiger partial charge on any atom is -0.495 e. The molecular weight excluding hydrogens is 222 g/mol. The van der Waals surface area contributed by atoms with Crippen LogP contribution in [-0.4, -0.2) is 25.0 Å². The minimum atomic E-state index is -0.982. The predicted molar refractivity (Wildman–Crippen MR) is 63.4 cm³/mol. The highest BCUT2D eigenvalue weighted by molar-refractivity contribution is 5.95. The molecule has 0 heterocycles. The highest BCUT2D eigenvalue weighted by atomic mass is 16.5. The van der Waals surface area contributed by atoms with E-state index in [4.69, 9.17) is 16.2 Å². The van der Waals surface area contributed by atoms with Crippen LogP contribution in [0.2, 0.25) is 0 Å². The van der Waals surface area contributed by atoms with Gasteiger partial charge in [-0.15, -0.1) is 0 Å². The molecule has 0 saturated heterocycles. The van der Waals surface area contributed by atoms with Crippen LogP contribution >= 0.6 is 0 Å². The maximum Gasteiger partial charge on any atom is 0.234 e. The molecule has 6 nitrogen and oxygen atoms in total. The van der Waals surface area contributed by atoms with E-state index >= 15 is 0 Å². The molecule has 17 heavy (non-hydrogen) atoms. The van der Waals surface area contributed by atoms with E-state index in [1.807, 2.05) is 0 Å². The molecule has 0 spiro atoms. The molecule has 6 heteroatoms. The number of amides is 2. The summed E-state index contributed by atoms with van der Waals surface area (Å²) in [5.74, 6) is -0.561. The van der Waals surface area contributed by atoms with Gasteiger partial charge in [0.2, 0.25) is 11.8 Å². The second kappa shape index (κ2) is 5.86. The molecule has 0 aromatic heterocycles. The van der Waals surface area contributed by atoms with Crippen LogP contribution in [0.5, 0.6) is 5.75 Å². The summed E-state index contributed by atoms with van der Waals surface area (Å²) in [7, 11) is 1.50. The number of ether oxygens (including phenoxy) is 1. The quantitative estimate of drug-likeness (QED) is 0.661. The van der Waals surface area contributed by atoms with E-state index in [-0.39, 0.29) is 12.3 Å². The molecule has 1 aromatic rings. The summed E-state index contributed by atoms with van der Waals surface area (Å²) in [6, 6.07) is 5.95. The number of hydrogen-bond acceptors (Lipinski definition) is 4. The van der Waals surface area contributed by atoms with Gasteiger partial charge in [0, 0.05) is 0 Å². The Balaban J connectivity index is 2.65. The fourth-order valence-corrected chi connectivity index (χ4v) is 1.25. The van der Waals surface area contributed by atoms with Gasteiger partial charge in [0.05, 0.1) is 25.3 Å². The Kier molecular flexibility index (Phi) is 4.47. The number of nitrogens with one attached hydrogen (secondary N) is 1. The van der Waals surface area contributed by atoms with Crippen LogP contribution in [0.25, 0.3) is 0 Å². The lowest BCUT2D eigenvalue weighted by atomic mass is 10.2. The largest absolute Gasteiger partial charge is 0.495 e. The summed E-state index contributed by atoms with van der Waals surface area (Å²) >= 11 is 0. The van der Waals surface area contributed by atoms with Crippen molar-refractivity contribution in [1.29, 1.82) is 0 Å². The maximum absolute atomic E-state index is 11.5. The van der Waals surface area contributed by atoms with E-state index in [2.05, 4.69) is 5.32 Å². The molecule has 1 rings (SSSR count). The number of primary amides is 1. The SMILES string of the molecule is COc1ccccc1NC(=O)C[C@H](N)C(N)=O. The van der Waals surface area contributed by atoms with Gasteiger partial charge in [-0.1, -0.05) is 12.1 Å². The molecule has 0 fully saturated rings. The molecule has 0 radical (unpaired) electrons. The molecule has 0 unspecified atom stereocenters. The fraction of sp³-hybridized carbons (Fsp3) is 0.273. The van der Waals surface area contributed by atoms with E-state index < -0.39 is 11.9 Å². The Hall–Kier alpha value is -2.08. The van der Waals surface area contributed by atoms with Crippen LogP contribution in [0, 0.1) is 0 Å². The van der Waals surface area contributed by atoms with Crippen molar-refractivity contribution in [3.63, 3.8) is 0 Å². The van der Waals surface area contributed by atoms with E-state index in [1.165, 1.54) is 7.11 Å². The van der Waals surface area contributed by atoms with Crippen molar-refractivity contribution in [3.05, 3.63) is 24.3 Å². The molecule has 92 valence electrons. The number of benzene rings is 1.